The van der Waals surface area contributed by atoms with Gasteiger partial charge in [0.05, 0.1) is 12.7 Å². The minimum Gasteiger partial charge on any atom is -0.342 e. The first-order valence-electron chi connectivity index (χ1n) is 7.12. The third kappa shape index (κ3) is 3.10. The highest BCUT2D eigenvalue weighted by Gasteiger charge is 2.43. The fourth-order valence-corrected chi connectivity index (χ4v) is 2.80. The van der Waals surface area contributed by atoms with Crippen molar-refractivity contribution in [1.29, 1.82) is 0 Å². The van der Waals surface area contributed by atoms with Gasteiger partial charge in [-0.15, -0.1) is 0 Å². The second kappa shape index (κ2) is 6.13. The van der Waals surface area contributed by atoms with Crippen molar-refractivity contribution in [1.82, 2.24) is 14.8 Å². The third-order valence-corrected chi connectivity index (χ3v) is 3.81. The maximum atomic E-state index is 6.23. The van der Waals surface area contributed by atoms with Crippen molar-refractivity contribution in [2.45, 2.75) is 38.2 Å². The Morgan fingerprint density at radius 1 is 1.48 bits per heavy atom. The largest absolute Gasteiger partial charge is 0.342 e. The van der Waals surface area contributed by atoms with E-state index in [4.69, 9.17) is 21.1 Å². The molecule has 1 aromatic carbocycles. The smallest absolute Gasteiger partial charge is 0.215 e. The van der Waals surface area contributed by atoms with Crippen LogP contribution in [0.2, 0.25) is 5.02 Å². The van der Waals surface area contributed by atoms with Crippen LogP contribution in [-0.2, 0) is 21.8 Å². The Kier molecular flexibility index (Phi) is 4.24. The topological polar surface area (TPSA) is 49.2 Å². The number of halogens is 1. The van der Waals surface area contributed by atoms with Gasteiger partial charge in [0.15, 0.2) is 0 Å². The predicted molar refractivity (Wildman–Crippen MR) is 78.9 cm³/mol. The van der Waals surface area contributed by atoms with Crippen molar-refractivity contribution in [2.75, 3.05) is 6.61 Å². The van der Waals surface area contributed by atoms with Gasteiger partial charge in [-0.2, -0.15) is 5.10 Å². The van der Waals surface area contributed by atoms with Crippen molar-refractivity contribution in [3.05, 3.63) is 47.5 Å². The van der Waals surface area contributed by atoms with E-state index in [0.717, 1.165) is 18.4 Å². The third-order valence-electron chi connectivity index (χ3n) is 3.57. The van der Waals surface area contributed by atoms with Gasteiger partial charge < -0.3 is 9.47 Å². The molecule has 0 saturated carbocycles. The summed E-state index contributed by atoms with van der Waals surface area (Å²) in [7, 11) is 0. The molecule has 5 nitrogen and oxygen atoms in total. The first-order chi connectivity index (χ1) is 10.2. The van der Waals surface area contributed by atoms with E-state index in [0.29, 0.717) is 18.2 Å². The maximum absolute atomic E-state index is 6.23. The van der Waals surface area contributed by atoms with E-state index in [1.54, 1.807) is 11.0 Å². The fraction of sp³-hybridized carbons (Fsp3) is 0.467. The monoisotopic (exact) mass is 307 g/mol. The highest BCUT2D eigenvalue weighted by atomic mass is 35.5. The van der Waals surface area contributed by atoms with Crippen LogP contribution >= 0.6 is 11.6 Å². The summed E-state index contributed by atoms with van der Waals surface area (Å²) in [5.74, 6) is -0.849. The zero-order valence-corrected chi connectivity index (χ0v) is 12.7. The Labute approximate surface area is 128 Å². The lowest BCUT2D eigenvalue weighted by atomic mass is 10.1. The van der Waals surface area contributed by atoms with Gasteiger partial charge in [-0.3, -0.25) is 0 Å². The summed E-state index contributed by atoms with van der Waals surface area (Å²) in [6, 6.07) is 7.59. The van der Waals surface area contributed by atoms with Crippen LogP contribution in [0.4, 0.5) is 0 Å². The van der Waals surface area contributed by atoms with E-state index < -0.39 is 5.79 Å². The Bertz CT molecular complexity index is 590. The van der Waals surface area contributed by atoms with Crippen LogP contribution in [0, 0.1) is 0 Å². The molecule has 0 spiro atoms. The molecule has 0 amide bonds. The van der Waals surface area contributed by atoms with Crippen molar-refractivity contribution >= 4 is 11.6 Å². The van der Waals surface area contributed by atoms with Gasteiger partial charge in [0.2, 0.25) is 5.79 Å². The quantitative estimate of drug-likeness (QED) is 0.852. The summed E-state index contributed by atoms with van der Waals surface area (Å²) >= 11 is 6.12. The molecule has 0 bridgehead atoms. The highest BCUT2D eigenvalue weighted by Crippen LogP contribution is 2.37. The molecule has 112 valence electrons. The maximum Gasteiger partial charge on any atom is 0.215 e. The lowest BCUT2D eigenvalue weighted by molar-refractivity contribution is -0.189. The van der Waals surface area contributed by atoms with Crippen LogP contribution in [0.25, 0.3) is 0 Å². The fourth-order valence-electron chi connectivity index (χ4n) is 2.61. The Hall–Kier alpha value is -1.43. The van der Waals surface area contributed by atoms with Gasteiger partial charge in [0.25, 0.3) is 0 Å². The van der Waals surface area contributed by atoms with E-state index in [-0.39, 0.29) is 6.10 Å². The van der Waals surface area contributed by atoms with Crippen molar-refractivity contribution < 1.29 is 9.47 Å². The van der Waals surface area contributed by atoms with E-state index in [1.807, 2.05) is 24.3 Å². The summed E-state index contributed by atoms with van der Waals surface area (Å²) in [4.78, 5) is 3.98. The molecule has 3 rings (SSSR count). The SMILES string of the molecule is CCCC1COC(Cn2cncn2)(c2cccc(Cl)c2)O1. The molecule has 2 unspecified atom stereocenters. The number of rotatable bonds is 5. The van der Waals surface area contributed by atoms with Gasteiger partial charge in [-0.25, -0.2) is 9.67 Å². The highest BCUT2D eigenvalue weighted by molar-refractivity contribution is 6.30. The summed E-state index contributed by atoms with van der Waals surface area (Å²) in [5, 5.41) is 4.82. The molecular formula is C15H18ClN3O2. The Morgan fingerprint density at radius 3 is 3.10 bits per heavy atom. The molecule has 1 aliphatic heterocycles. The summed E-state index contributed by atoms with van der Waals surface area (Å²) in [5.41, 5.74) is 0.907. The Morgan fingerprint density at radius 2 is 2.38 bits per heavy atom. The summed E-state index contributed by atoms with van der Waals surface area (Å²) in [6.45, 7) is 3.17. The number of ether oxygens (including phenoxy) is 2. The molecule has 2 aromatic rings. The van der Waals surface area contributed by atoms with Crippen molar-refractivity contribution in [3.8, 4) is 0 Å². The van der Waals surface area contributed by atoms with Gasteiger partial charge in [-0.05, 0) is 18.6 Å². The zero-order valence-electron chi connectivity index (χ0n) is 11.9. The molecule has 6 heteroatoms. The minimum atomic E-state index is -0.849. The van der Waals surface area contributed by atoms with Gasteiger partial charge >= 0.3 is 0 Å². The van der Waals surface area contributed by atoms with E-state index in [2.05, 4.69) is 17.0 Å². The average Bonchev–Trinajstić information content (AvgIpc) is 3.11. The zero-order chi connectivity index (χ0) is 14.7. The molecule has 0 aliphatic carbocycles. The summed E-state index contributed by atoms with van der Waals surface area (Å²) in [6.07, 6.45) is 5.29. The molecular weight excluding hydrogens is 290 g/mol. The lowest BCUT2D eigenvalue weighted by Crippen LogP contribution is -2.34. The van der Waals surface area contributed by atoms with Gasteiger partial charge in [0.1, 0.15) is 19.2 Å². The summed E-state index contributed by atoms with van der Waals surface area (Å²) < 4.78 is 14.0. The average molecular weight is 308 g/mol. The molecule has 1 aromatic heterocycles. The molecule has 2 heterocycles. The molecule has 0 N–H and O–H groups in total. The number of benzene rings is 1. The van der Waals surface area contributed by atoms with Crippen molar-refractivity contribution in [3.63, 3.8) is 0 Å². The minimum absolute atomic E-state index is 0.0949. The molecule has 1 fully saturated rings. The molecule has 1 saturated heterocycles. The van der Waals surface area contributed by atoms with E-state index >= 15 is 0 Å². The first-order valence-corrected chi connectivity index (χ1v) is 7.50. The van der Waals surface area contributed by atoms with Gasteiger partial charge in [0, 0.05) is 10.6 Å². The van der Waals surface area contributed by atoms with Crippen molar-refractivity contribution in [2.24, 2.45) is 0 Å². The number of hydrogen-bond donors (Lipinski definition) is 0. The number of hydrogen-bond acceptors (Lipinski definition) is 4. The Balaban J connectivity index is 1.91. The van der Waals surface area contributed by atoms with E-state index in [1.165, 1.54) is 6.33 Å². The molecule has 21 heavy (non-hydrogen) atoms. The second-order valence-corrected chi connectivity index (χ2v) is 5.63. The standard InChI is InChI=1S/C15H18ClN3O2/c1-2-4-14-8-20-15(21-14,9-19-11-17-10-18-19)12-5-3-6-13(16)7-12/h3,5-7,10-11,14H,2,4,8-9H2,1H3. The van der Waals surface area contributed by atoms with Crippen LogP contribution in [0.3, 0.4) is 0 Å². The first kappa shape index (κ1) is 14.5. The molecule has 0 radical (unpaired) electrons. The van der Waals surface area contributed by atoms with Crippen LogP contribution in [0.15, 0.2) is 36.9 Å². The van der Waals surface area contributed by atoms with Gasteiger partial charge in [-0.1, -0.05) is 37.1 Å². The predicted octanol–water partition coefficient (Wildman–Crippen LogP) is 3.00. The lowest BCUT2D eigenvalue weighted by Gasteiger charge is -2.28. The molecule has 1 aliphatic rings. The van der Waals surface area contributed by atoms with Crippen LogP contribution in [-0.4, -0.2) is 27.5 Å². The van der Waals surface area contributed by atoms with Crippen LogP contribution in [0.5, 0.6) is 0 Å². The molecule has 2 atom stereocenters. The normalized spacial score (nSPS) is 25.3. The second-order valence-electron chi connectivity index (χ2n) is 5.20. The van der Waals surface area contributed by atoms with Crippen LogP contribution in [0.1, 0.15) is 25.3 Å². The number of nitrogens with zero attached hydrogens (tertiary/aromatic N) is 3. The number of aromatic nitrogens is 3. The van der Waals surface area contributed by atoms with Crippen LogP contribution < -0.4 is 0 Å². The van der Waals surface area contributed by atoms with E-state index in [9.17, 15) is 0 Å².